The fourth-order valence-electron chi connectivity index (χ4n) is 7.23. The topological polar surface area (TPSA) is 87.5 Å². The Hall–Kier alpha value is -4.10. The molecule has 2 saturated carbocycles. The Balaban J connectivity index is 1.17. The Kier molecular flexibility index (Phi) is 6.81. The van der Waals surface area contributed by atoms with Crippen molar-refractivity contribution < 1.29 is 9.59 Å². The van der Waals surface area contributed by atoms with E-state index in [0.717, 1.165) is 71.2 Å². The number of anilines is 1. The van der Waals surface area contributed by atoms with Gasteiger partial charge < -0.3 is 5.32 Å². The zero-order valence-corrected chi connectivity index (χ0v) is 25.1. The van der Waals surface area contributed by atoms with Gasteiger partial charge in [-0.3, -0.25) is 24.5 Å². The van der Waals surface area contributed by atoms with Gasteiger partial charge >= 0.3 is 0 Å². The molecule has 2 aliphatic heterocycles. The maximum Gasteiger partial charge on any atom is 0.256 e. The Morgan fingerprint density at radius 1 is 1.16 bits per heavy atom. The van der Waals surface area contributed by atoms with Crippen LogP contribution in [-0.2, 0) is 21.5 Å². The van der Waals surface area contributed by atoms with E-state index in [4.69, 9.17) is 21.6 Å². The molecule has 0 aromatic carbocycles. The average Bonchev–Trinajstić information content (AvgIpc) is 3.60. The van der Waals surface area contributed by atoms with Crippen LogP contribution in [0.1, 0.15) is 73.8 Å². The van der Waals surface area contributed by atoms with Crippen LogP contribution in [0, 0.1) is 6.92 Å². The van der Waals surface area contributed by atoms with Gasteiger partial charge in [-0.15, -0.1) is 0 Å². The van der Waals surface area contributed by atoms with Crippen molar-refractivity contribution in [2.45, 2.75) is 75.8 Å². The molecule has 7 rings (SSSR count). The van der Waals surface area contributed by atoms with E-state index in [9.17, 15) is 9.59 Å². The Bertz CT molecular complexity index is 1720. The Labute approximate surface area is 256 Å². The van der Waals surface area contributed by atoms with E-state index in [1.165, 1.54) is 0 Å². The normalized spacial score (nSPS) is 25.3. The summed E-state index contributed by atoms with van der Waals surface area (Å²) < 4.78 is 0. The predicted octanol–water partition coefficient (Wildman–Crippen LogP) is 6.86. The number of amides is 2. The molecule has 43 heavy (non-hydrogen) atoms. The van der Waals surface area contributed by atoms with Gasteiger partial charge in [0, 0.05) is 28.6 Å². The third kappa shape index (κ3) is 4.61. The summed E-state index contributed by atoms with van der Waals surface area (Å²) >= 11 is 6.69. The Morgan fingerprint density at radius 2 is 2.00 bits per heavy atom. The minimum absolute atomic E-state index is 0.00211. The maximum absolute atomic E-state index is 13.9. The van der Waals surface area contributed by atoms with Crippen LogP contribution in [0.4, 0.5) is 5.82 Å². The van der Waals surface area contributed by atoms with Crippen molar-refractivity contribution in [3.63, 3.8) is 0 Å². The first kappa shape index (κ1) is 27.7. The minimum atomic E-state index is -0.677. The van der Waals surface area contributed by atoms with Crippen molar-refractivity contribution in [3.05, 3.63) is 106 Å². The van der Waals surface area contributed by atoms with E-state index >= 15 is 0 Å². The second-order valence-corrected chi connectivity index (χ2v) is 12.7. The molecule has 0 radical (unpaired) electrons. The maximum atomic E-state index is 13.9. The summed E-state index contributed by atoms with van der Waals surface area (Å²) in [5.41, 5.74) is 5.35. The molecule has 1 atom stereocenters. The lowest BCUT2D eigenvalue weighted by atomic mass is 9.67. The highest BCUT2D eigenvalue weighted by Crippen LogP contribution is 2.50. The zero-order valence-electron chi connectivity index (χ0n) is 24.3. The number of nitrogens with zero attached hydrogens (tertiary/aromatic N) is 4. The van der Waals surface area contributed by atoms with Gasteiger partial charge in [-0.2, -0.15) is 0 Å². The van der Waals surface area contributed by atoms with Gasteiger partial charge in [0.05, 0.1) is 17.7 Å². The molecular formula is C35H34ClN5O2. The van der Waals surface area contributed by atoms with Crippen molar-refractivity contribution in [2.24, 2.45) is 4.99 Å². The van der Waals surface area contributed by atoms with Crippen molar-refractivity contribution in [1.29, 1.82) is 0 Å². The van der Waals surface area contributed by atoms with Crippen LogP contribution in [0.25, 0.3) is 6.08 Å². The molecule has 3 aliphatic carbocycles. The first-order chi connectivity index (χ1) is 20.8. The van der Waals surface area contributed by atoms with Crippen molar-refractivity contribution in [3.8, 4) is 0 Å². The molecule has 8 heteroatoms. The van der Waals surface area contributed by atoms with E-state index < -0.39 is 11.0 Å². The molecule has 218 valence electrons. The smallest absolute Gasteiger partial charge is 0.256 e. The number of aliphatic imine (C=N–C) groups is 1. The number of amidine groups is 1. The summed E-state index contributed by atoms with van der Waals surface area (Å²) in [7, 11) is 0. The second kappa shape index (κ2) is 10.6. The summed E-state index contributed by atoms with van der Waals surface area (Å²) in [6, 6.07) is 5.99. The molecule has 7 nitrogen and oxygen atoms in total. The monoisotopic (exact) mass is 591 g/mol. The number of fused-ring (bicyclic) bond motifs is 2. The number of halogens is 1. The first-order valence-corrected chi connectivity index (χ1v) is 15.4. The van der Waals surface area contributed by atoms with Crippen LogP contribution in [-0.4, -0.2) is 38.1 Å². The van der Waals surface area contributed by atoms with Crippen LogP contribution in [0.5, 0.6) is 0 Å². The zero-order chi connectivity index (χ0) is 29.8. The number of allylic oxidation sites excluding steroid dienone is 7. The van der Waals surface area contributed by atoms with Crippen LogP contribution < -0.4 is 5.32 Å². The largest absolute Gasteiger partial charge is 0.310 e. The SMILES string of the molecule is C=C1CCC2(CC1=Cc1ncc(CN3C(=O)C4(CCCC4)N=C3C3=C(Cl)C=CC=CC3)cc1C)C(=O)Nc1ncccc12. The molecule has 2 aromatic rings. The van der Waals surface area contributed by atoms with E-state index in [0.29, 0.717) is 42.5 Å². The standard InChI is InChI=1S/C35H34ClN5O2/c1-22-12-15-34(27-10-8-16-37-30(27)39-32(34)42)19-25(22)18-29-23(2)17-24(20-38-29)21-41-31(26-9-4-3-5-11-28(26)36)40-35(33(41)43)13-6-7-14-35/h3-5,8,10-11,16-18,20H,1,6-7,9,12-15,19,21H2,2H3,(H,37,39,42). The number of rotatable bonds is 4. The van der Waals surface area contributed by atoms with Crippen LogP contribution >= 0.6 is 11.6 Å². The Morgan fingerprint density at radius 3 is 2.81 bits per heavy atom. The summed E-state index contributed by atoms with van der Waals surface area (Å²) in [6.07, 6.45) is 19.6. The first-order valence-electron chi connectivity index (χ1n) is 15.0. The molecule has 2 fully saturated rings. The number of aromatic nitrogens is 2. The lowest BCUT2D eigenvalue weighted by Gasteiger charge is -2.34. The lowest BCUT2D eigenvalue weighted by Crippen LogP contribution is -2.41. The van der Waals surface area contributed by atoms with Crippen molar-refractivity contribution in [2.75, 3.05) is 5.32 Å². The molecule has 5 aliphatic rings. The molecule has 1 N–H and O–H groups in total. The summed E-state index contributed by atoms with van der Waals surface area (Å²) in [5.74, 6) is 1.41. The second-order valence-electron chi connectivity index (χ2n) is 12.3. The van der Waals surface area contributed by atoms with Crippen LogP contribution in [0.2, 0.25) is 0 Å². The molecule has 0 bridgehead atoms. The van der Waals surface area contributed by atoms with Crippen molar-refractivity contribution in [1.82, 2.24) is 14.9 Å². The number of pyridine rings is 2. The molecular weight excluding hydrogens is 558 g/mol. The number of aryl methyl sites for hydroxylation is 1. The average molecular weight is 592 g/mol. The molecule has 1 unspecified atom stereocenters. The fourth-order valence-corrected chi connectivity index (χ4v) is 7.47. The summed E-state index contributed by atoms with van der Waals surface area (Å²) in [5, 5.41) is 3.60. The molecule has 0 saturated heterocycles. The molecule has 4 heterocycles. The summed E-state index contributed by atoms with van der Waals surface area (Å²) in [4.78, 5) is 43.2. The number of carbonyl (C=O) groups excluding carboxylic acids is 2. The number of nitrogens with one attached hydrogen (secondary N) is 1. The van der Waals surface area contributed by atoms with Crippen LogP contribution in [0.15, 0.2) is 88.2 Å². The van der Waals surface area contributed by atoms with E-state index in [1.54, 1.807) is 6.20 Å². The predicted molar refractivity (Wildman–Crippen MR) is 169 cm³/mol. The fraction of sp³-hybridized carbons (Fsp3) is 0.343. The van der Waals surface area contributed by atoms with Gasteiger partial charge in [0.25, 0.3) is 5.91 Å². The van der Waals surface area contributed by atoms with Gasteiger partial charge in [-0.05, 0) is 80.4 Å². The van der Waals surface area contributed by atoms with Gasteiger partial charge in [0.15, 0.2) is 0 Å². The quantitative estimate of drug-likeness (QED) is 0.421. The lowest BCUT2D eigenvalue weighted by molar-refractivity contribution is -0.131. The van der Waals surface area contributed by atoms with Gasteiger partial charge in [0.2, 0.25) is 5.91 Å². The number of hydrogen-bond donors (Lipinski definition) is 1. The highest BCUT2D eigenvalue weighted by molar-refractivity contribution is 6.34. The third-order valence-corrected chi connectivity index (χ3v) is 9.99. The highest BCUT2D eigenvalue weighted by Gasteiger charge is 2.51. The third-order valence-electron chi connectivity index (χ3n) is 9.64. The van der Waals surface area contributed by atoms with E-state index in [-0.39, 0.29) is 11.8 Å². The van der Waals surface area contributed by atoms with Gasteiger partial charge in [0.1, 0.15) is 17.2 Å². The molecule has 2 aromatic heterocycles. The summed E-state index contributed by atoms with van der Waals surface area (Å²) in [6.45, 7) is 6.74. The number of hydrogen-bond acceptors (Lipinski definition) is 5. The minimum Gasteiger partial charge on any atom is -0.310 e. The van der Waals surface area contributed by atoms with Gasteiger partial charge in [-0.1, -0.05) is 67.0 Å². The number of carbonyl (C=O) groups is 2. The van der Waals surface area contributed by atoms with Gasteiger partial charge in [-0.25, -0.2) is 4.98 Å². The van der Waals surface area contributed by atoms with E-state index in [2.05, 4.69) is 29.0 Å². The van der Waals surface area contributed by atoms with E-state index in [1.807, 2.05) is 54.5 Å². The molecule has 2 spiro atoms. The highest BCUT2D eigenvalue weighted by atomic mass is 35.5. The molecule has 2 amide bonds. The van der Waals surface area contributed by atoms with Crippen molar-refractivity contribution >= 4 is 41.1 Å². The van der Waals surface area contributed by atoms with Crippen LogP contribution in [0.3, 0.4) is 0 Å².